The van der Waals surface area contributed by atoms with E-state index in [4.69, 9.17) is 9.47 Å². The zero-order valence-electron chi connectivity index (χ0n) is 24.4. The molecule has 218 valence electrons. The highest BCUT2D eigenvalue weighted by molar-refractivity contribution is 5.71. The van der Waals surface area contributed by atoms with Crippen LogP contribution in [0.4, 0.5) is 14.9 Å². The molecule has 0 spiro atoms. The SMILES string of the molecule is Cc1ccc(-c2ccc(N3CCC(N4CCN(NC(=O)OC(C)(C)C)CC4)C3)c(F)c2)c(OCc2ccccc2)n1. The molecular formula is C32H40FN5O3. The number of nitrogens with zero attached hydrogens (tertiary/aromatic N) is 4. The highest BCUT2D eigenvalue weighted by atomic mass is 19.1. The monoisotopic (exact) mass is 561 g/mol. The molecule has 3 heterocycles. The Morgan fingerprint density at radius 3 is 2.49 bits per heavy atom. The Balaban J connectivity index is 1.19. The Morgan fingerprint density at radius 2 is 1.78 bits per heavy atom. The maximum Gasteiger partial charge on any atom is 0.422 e. The summed E-state index contributed by atoms with van der Waals surface area (Å²) in [6.07, 6.45) is 0.549. The molecule has 2 aromatic carbocycles. The predicted octanol–water partition coefficient (Wildman–Crippen LogP) is 5.41. The first kappa shape index (κ1) is 28.8. The third-order valence-electron chi connectivity index (χ3n) is 7.46. The summed E-state index contributed by atoms with van der Waals surface area (Å²) in [5, 5.41) is 1.91. The second-order valence-electron chi connectivity index (χ2n) is 11.8. The molecule has 1 unspecified atom stereocenters. The normalized spacial score (nSPS) is 18.4. The predicted molar refractivity (Wildman–Crippen MR) is 158 cm³/mol. The molecule has 0 bridgehead atoms. The molecule has 9 heteroatoms. The molecule has 8 nitrogen and oxygen atoms in total. The van der Waals surface area contributed by atoms with Crippen LogP contribution in [0.3, 0.4) is 0 Å². The minimum Gasteiger partial charge on any atom is -0.472 e. The summed E-state index contributed by atoms with van der Waals surface area (Å²) in [7, 11) is 0. The number of amides is 1. The lowest BCUT2D eigenvalue weighted by molar-refractivity contribution is 0.0182. The van der Waals surface area contributed by atoms with Crippen LogP contribution in [0.2, 0.25) is 0 Å². The van der Waals surface area contributed by atoms with Gasteiger partial charge in [-0.2, -0.15) is 0 Å². The van der Waals surface area contributed by atoms with Gasteiger partial charge in [0.1, 0.15) is 18.0 Å². The average molecular weight is 562 g/mol. The van der Waals surface area contributed by atoms with Crippen molar-refractivity contribution in [3.05, 3.63) is 77.7 Å². The number of ether oxygens (including phenoxy) is 2. The van der Waals surface area contributed by atoms with Crippen molar-refractivity contribution in [2.75, 3.05) is 44.2 Å². The lowest BCUT2D eigenvalue weighted by atomic mass is 10.1. The number of anilines is 1. The minimum atomic E-state index is -0.526. The first-order valence-electron chi connectivity index (χ1n) is 14.3. The first-order chi connectivity index (χ1) is 19.6. The van der Waals surface area contributed by atoms with Gasteiger partial charge in [-0.05, 0) is 69.5 Å². The zero-order valence-corrected chi connectivity index (χ0v) is 24.4. The second kappa shape index (κ2) is 12.4. The lowest BCUT2D eigenvalue weighted by Gasteiger charge is -2.38. The summed E-state index contributed by atoms with van der Waals surface area (Å²) in [5.41, 5.74) is 6.34. The Hall–Kier alpha value is -3.69. The second-order valence-corrected chi connectivity index (χ2v) is 11.8. The van der Waals surface area contributed by atoms with E-state index in [2.05, 4.69) is 20.2 Å². The molecule has 1 atom stereocenters. The Morgan fingerprint density at radius 1 is 1.02 bits per heavy atom. The highest BCUT2D eigenvalue weighted by Gasteiger charge is 2.32. The van der Waals surface area contributed by atoms with Crippen LogP contribution in [0.15, 0.2) is 60.7 Å². The largest absolute Gasteiger partial charge is 0.472 e. The topological polar surface area (TPSA) is 70.2 Å². The fourth-order valence-electron chi connectivity index (χ4n) is 5.41. The molecule has 3 aromatic rings. The Bertz CT molecular complexity index is 1340. The Labute approximate surface area is 242 Å². The van der Waals surface area contributed by atoms with Gasteiger partial charge >= 0.3 is 6.09 Å². The number of benzene rings is 2. The molecule has 2 saturated heterocycles. The number of hydrazine groups is 1. The number of hydrogen-bond donors (Lipinski definition) is 1. The van der Waals surface area contributed by atoms with Gasteiger partial charge in [-0.1, -0.05) is 36.4 Å². The van der Waals surface area contributed by atoms with Gasteiger partial charge < -0.3 is 14.4 Å². The third kappa shape index (κ3) is 7.54. The van der Waals surface area contributed by atoms with Gasteiger partial charge in [-0.25, -0.2) is 19.2 Å². The number of aromatic nitrogens is 1. The van der Waals surface area contributed by atoms with E-state index >= 15 is 4.39 Å². The molecule has 2 aliphatic rings. The van der Waals surface area contributed by atoms with Crippen molar-refractivity contribution in [1.29, 1.82) is 0 Å². The van der Waals surface area contributed by atoms with E-state index in [1.807, 2.05) is 87.3 Å². The number of pyridine rings is 1. The van der Waals surface area contributed by atoms with Crippen LogP contribution in [0.1, 0.15) is 38.4 Å². The number of hydrogen-bond acceptors (Lipinski definition) is 7. The molecule has 1 aromatic heterocycles. The molecule has 2 fully saturated rings. The van der Waals surface area contributed by atoms with Crippen LogP contribution in [0, 0.1) is 12.7 Å². The van der Waals surface area contributed by atoms with Crippen LogP contribution >= 0.6 is 0 Å². The fraction of sp³-hybridized carbons (Fsp3) is 0.438. The summed E-state index contributed by atoms with van der Waals surface area (Å²) in [4.78, 5) is 21.3. The molecule has 1 amide bonds. The molecular weight excluding hydrogens is 521 g/mol. The van der Waals surface area contributed by atoms with Crippen molar-refractivity contribution < 1.29 is 18.7 Å². The quantitative estimate of drug-likeness (QED) is 0.414. The van der Waals surface area contributed by atoms with Crippen molar-refractivity contribution in [3.63, 3.8) is 0 Å². The van der Waals surface area contributed by atoms with Crippen molar-refractivity contribution in [2.45, 2.75) is 52.4 Å². The van der Waals surface area contributed by atoms with E-state index in [1.165, 1.54) is 0 Å². The average Bonchev–Trinajstić information content (AvgIpc) is 3.42. The van der Waals surface area contributed by atoms with Gasteiger partial charge in [-0.15, -0.1) is 0 Å². The molecule has 5 rings (SSSR count). The number of carbonyl (C=O) groups is 1. The van der Waals surface area contributed by atoms with Crippen molar-refractivity contribution in [2.24, 2.45) is 0 Å². The summed E-state index contributed by atoms with van der Waals surface area (Å²) in [6.45, 7) is 12.6. The fourth-order valence-corrected chi connectivity index (χ4v) is 5.41. The number of rotatable bonds is 7. The van der Waals surface area contributed by atoms with E-state index in [-0.39, 0.29) is 5.82 Å². The van der Waals surface area contributed by atoms with Crippen LogP contribution in [0.5, 0.6) is 5.88 Å². The number of halogens is 1. The van der Waals surface area contributed by atoms with E-state index in [0.717, 1.165) is 68.1 Å². The maximum absolute atomic E-state index is 15.5. The summed E-state index contributed by atoms with van der Waals surface area (Å²) in [6, 6.07) is 19.6. The van der Waals surface area contributed by atoms with E-state index < -0.39 is 11.7 Å². The van der Waals surface area contributed by atoms with Crippen LogP contribution < -0.4 is 15.1 Å². The molecule has 0 aliphatic carbocycles. The number of nitrogens with one attached hydrogen (secondary N) is 1. The molecule has 0 saturated carbocycles. The summed E-state index contributed by atoms with van der Waals surface area (Å²) >= 11 is 0. The number of piperazine rings is 1. The smallest absolute Gasteiger partial charge is 0.422 e. The van der Waals surface area contributed by atoms with Gasteiger partial charge in [0.15, 0.2) is 0 Å². The van der Waals surface area contributed by atoms with Gasteiger partial charge in [0.2, 0.25) is 5.88 Å². The molecule has 41 heavy (non-hydrogen) atoms. The maximum atomic E-state index is 15.5. The van der Waals surface area contributed by atoms with Gasteiger partial charge in [0.25, 0.3) is 0 Å². The highest BCUT2D eigenvalue weighted by Crippen LogP contribution is 2.34. The number of carbonyl (C=O) groups excluding carboxylic acids is 1. The van der Waals surface area contributed by atoms with Gasteiger partial charge in [0.05, 0.1) is 5.69 Å². The standard InChI is InChI=1S/C32H40FN5O3/c1-23-10-12-27(30(34-23)40-22-24-8-6-5-7-9-24)25-11-13-29(28(33)20-25)37-15-14-26(21-37)36-16-18-38(19-17-36)35-31(39)41-32(2,3)4/h5-13,20,26H,14-19,21-22H2,1-4H3,(H,35,39). The van der Waals surface area contributed by atoms with Crippen LogP contribution in [-0.4, -0.2) is 71.9 Å². The molecule has 1 N–H and O–H groups in total. The first-order valence-corrected chi connectivity index (χ1v) is 14.3. The summed E-state index contributed by atoms with van der Waals surface area (Å²) in [5.74, 6) is 0.256. The zero-order chi connectivity index (χ0) is 29.0. The van der Waals surface area contributed by atoms with Gasteiger partial charge in [0, 0.05) is 56.6 Å². The minimum absolute atomic E-state index is 0.246. The Kier molecular flexibility index (Phi) is 8.75. The van der Waals surface area contributed by atoms with Crippen molar-refractivity contribution in [3.8, 4) is 17.0 Å². The summed E-state index contributed by atoms with van der Waals surface area (Å²) < 4.78 is 27.0. The van der Waals surface area contributed by atoms with E-state index in [1.54, 1.807) is 6.07 Å². The van der Waals surface area contributed by atoms with Crippen molar-refractivity contribution >= 4 is 11.8 Å². The number of aryl methyl sites for hydroxylation is 1. The van der Waals surface area contributed by atoms with Crippen molar-refractivity contribution in [1.82, 2.24) is 20.3 Å². The lowest BCUT2D eigenvalue weighted by Crippen LogP contribution is -2.56. The molecule has 0 radical (unpaired) electrons. The van der Waals surface area contributed by atoms with E-state index in [0.29, 0.717) is 24.2 Å². The van der Waals surface area contributed by atoms with Gasteiger partial charge in [-0.3, -0.25) is 10.3 Å². The van der Waals surface area contributed by atoms with E-state index in [9.17, 15) is 4.79 Å². The molecule has 2 aliphatic heterocycles. The van der Waals surface area contributed by atoms with Crippen LogP contribution in [-0.2, 0) is 11.3 Å². The van der Waals surface area contributed by atoms with Crippen LogP contribution in [0.25, 0.3) is 11.1 Å². The third-order valence-corrected chi connectivity index (χ3v) is 7.46.